The van der Waals surface area contributed by atoms with Gasteiger partial charge in [-0.2, -0.15) is 0 Å². The van der Waals surface area contributed by atoms with Crippen molar-refractivity contribution in [2.24, 2.45) is 5.41 Å². The highest BCUT2D eigenvalue weighted by Crippen LogP contribution is 2.19. The van der Waals surface area contributed by atoms with E-state index in [4.69, 9.17) is 4.74 Å². The molecule has 140 valence electrons. The number of nitrogens with zero attached hydrogens (tertiary/aromatic N) is 2. The molecular weight excluding hydrogens is 338 g/mol. The summed E-state index contributed by atoms with van der Waals surface area (Å²) in [6.45, 7) is 9.14. The lowest BCUT2D eigenvalue weighted by Gasteiger charge is -2.31. The molecule has 1 N–H and O–H groups in total. The average Bonchev–Trinajstić information content (AvgIpc) is 2.45. The monoisotopic (exact) mass is 367 g/mol. The smallest absolute Gasteiger partial charge is 0.334 e. The van der Waals surface area contributed by atoms with Crippen LogP contribution in [-0.2, 0) is 0 Å². The van der Waals surface area contributed by atoms with Gasteiger partial charge in [0.2, 0.25) is 0 Å². The molecule has 0 aromatic heterocycles. The van der Waals surface area contributed by atoms with Crippen LogP contribution in [0.25, 0.3) is 0 Å². The minimum atomic E-state index is -0.539. The minimum Gasteiger partial charge on any atom is -0.491 e. The predicted octanol–water partition coefficient (Wildman–Crippen LogP) is 3.06. The Balaban J connectivity index is 2.62. The Kier molecular flexibility index (Phi) is 7.76. The third-order valence-corrected chi connectivity index (χ3v) is 3.59. The summed E-state index contributed by atoms with van der Waals surface area (Å²) < 4.78 is 6.77. The lowest BCUT2D eigenvalue weighted by atomic mass is 9.93. The number of hydrogen-bond donors (Lipinski definition) is 2. The van der Waals surface area contributed by atoms with Crippen molar-refractivity contribution in [3.8, 4) is 5.75 Å². The molecule has 0 fully saturated rings. The first-order valence-corrected chi connectivity index (χ1v) is 8.63. The van der Waals surface area contributed by atoms with Crippen molar-refractivity contribution in [3.63, 3.8) is 0 Å². The van der Waals surface area contributed by atoms with E-state index in [1.807, 2.05) is 46.7 Å². The maximum absolute atomic E-state index is 12.2. The maximum Gasteiger partial charge on any atom is 0.334 e. The van der Waals surface area contributed by atoms with Crippen molar-refractivity contribution in [2.45, 2.75) is 33.8 Å². The Bertz CT molecular complexity index is 586. The maximum atomic E-state index is 12.2. The molecule has 1 rings (SSSR count). The van der Waals surface area contributed by atoms with Crippen LogP contribution in [0.3, 0.4) is 0 Å². The molecule has 0 atom stereocenters. The van der Waals surface area contributed by atoms with Crippen molar-refractivity contribution in [2.75, 3.05) is 27.2 Å². The number of ether oxygens (including phenoxy) is 1. The van der Waals surface area contributed by atoms with Crippen LogP contribution in [0.2, 0.25) is 0 Å². The van der Waals surface area contributed by atoms with Crippen LogP contribution in [0.4, 0.5) is 4.79 Å². The van der Waals surface area contributed by atoms with E-state index in [2.05, 4.69) is 18.1 Å². The summed E-state index contributed by atoms with van der Waals surface area (Å²) in [6.07, 6.45) is 0.0597. The summed E-state index contributed by atoms with van der Waals surface area (Å²) in [5, 5.41) is 2.35. The van der Waals surface area contributed by atoms with Gasteiger partial charge < -0.3 is 9.64 Å². The van der Waals surface area contributed by atoms with E-state index in [1.54, 1.807) is 24.3 Å². The van der Waals surface area contributed by atoms with E-state index in [-0.39, 0.29) is 11.5 Å². The number of hydrogen-bond acceptors (Lipinski definition) is 5. The molecule has 0 aliphatic rings. The third-order valence-electron chi connectivity index (χ3n) is 3.27. The van der Waals surface area contributed by atoms with Crippen LogP contribution < -0.4 is 10.1 Å². The van der Waals surface area contributed by atoms with E-state index in [0.29, 0.717) is 17.9 Å². The zero-order valence-corrected chi connectivity index (χ0v) is 16.8. The molecule has 0 aliphatic carbocycles. The first kappa shape index (κ1) is 21.3. The Morgan fingerprint density at radius 3 is 2.20 bits per heavy atom. The Morgan fingerprint density at radius 2 is 1.72 bits per heavy atom. The predicted molar refractivity (Wildman–Crippen MR) is 103 cm³/mol. The van der Waals surface area contributed by atoms with E-state index in [9.17, 15) is 9.59 Å². The second kappa shape index (κ2) is 9.10. The lowest BCUT2D eigenvalue weighted by Crippen LogP contribution is -2.44. The van der Waals surface area contributed by atoms with Gasteiger partial charge in [0.25, 0.3) is 5.91 Å². The summed E-state index contributed by atoms with van der Waals surface area (Å²) in [6, 6.07) is 6.12. The number of rotatable bonds is 7. The van der Waals surface area contributed by atoms with Crippen LogP contribution in [-0.4, -0.2) is 54.4 Å². The van der Waals surface area contributed by atoms with Crippen LogP contribution in [0, 0.1) is 5.41 Å². The Hall–Kier alpha value is -1.73. The minimum absolute atomic E-state index is 0.0597. The molecule has 1 aromatic rings. The first-order valence-electron chi connectivity index (χ1n) is 8.23. The molecule has 6 nitrogen and oxygen atoms in total. The molecule has 0 saturated carbocycles. The van der Waals surface area contributed by atoms with Gasteiger partial charge in [-0.05, 0) is 57.6 Å². The van der Waals surface area contributed by atoms with Gasteiger partial charge >= 0.3 is 6.03 Å². The summed E-state index contributed by atoms with van der Waals surface area (Å²) in [7, 11) is 3.95. The lowest BCUT2D eigenvalue weighted by molar-refractivity contribution is 0.0956. The molecule has 7 heteroatoms. The number of carbonyl (C=O) groups is 2. The number of thiol groups is 1. The van der Waals surface area contributed by atoms with Gasteiger partial charge in [0.1, 0.15) is 5.75 Å². The van der Waals surface area contributed by atoms with Crippen LogP contribution in [0.15, 0.2) is 24.3 Å². The van der Waals surface area contributed by atoms with Crippen molar-refractivity contribution < 1.29 is 14.3 Å². The summed E-state index contributed by atoms with van der Waals surface area (Å²) >= 11 is 4.21. The van der Waals surface area contributed by atoms with Crippen molar-refractivity contribution >= 4 is 24.8 Å². The fourth-order valence-electron chi connectivity index (χ4n) is 2.57. The van der Waals surface area contributed by atoms with E-state index in [0.717, 1.165) is 6.54 Å². The second-order valence-electron chi connectivity index (χ2n) is 7.41. The molecule has 25 heavy (non-hydrogen) atoms. The highest BCUT2D eigenvalue weighted by atomic mass is 32.1. The first-order chi connectivity index (χ1) is 11.5. The normalized spacial score (nSPS) is 11.6. The molecule has 0 radical (unpaired) electrons. The average molecular weight is 368 g/mol. The highest BCUT2D eigenvalue weighted by molar-refractivity contribution is 7.78. The zero-order valence-electron chi connectivity index (χ0n) is 15.9. The summed E-state index contributed by atoms with van der Waals surface area (Å²) in [5.41, 5.74) is 0.236. The number of imide groups is 1. The van der Waals surface area contributed by atoms with Gasteiger partial charge in [-0.3, -0.25) is 14.4 Å². The molecule has 3 amide bonds. The van der Waals surface area contributed by atoms with Gasteiger partial charge in [0.05, 0.1) is 6.10 Å². The quantitative estimate of drug-likeness (QED) is 0.727. The van der Waals surface area contributed by atoms with Crippen molar-refractivity contribution in [3.05, 3.63) is 29.8 Å². The second-order valence-corrected chi connectivity index (χ2v) is 7.89. The Labute approximate surface area is 156 Å². The van der Waals surface area contributed by atoms with Crippen LogP contribution in [0.1, 0.15) is 38.1 Å². The van der Waals surface area contributed by atoms with Crippen molar-refractivity contribution in [1.29, 1.82) is 0 Å². The fraction of sp³-hybridized carbons (Fsp3) is 0.556. The van der Waals surface area contributed by atoms with Crippen molar-refractivity contribution in [1.82, 2.24) is 14.5 Å². The number of urea groups is 1. The van der Waals surface area contributed by atoms with Gasteiger partial charge in [0.15, 0.2) is 0 Å². The van der Waals surface area contributed by atoms with E-state index >= 15 is 0 Å². The van der Waals surface area contributed by atoms with E-state index in [1.165, 1.54) is 4.31 Å². The molecule has 0 aliphatic heterocycles. The molecule has 0 bridgehead atoms. The Morgan fingerprint density at radius 1 is 1.16 bits per heavy atom. The number of benzene rings is 1. The molecule has 1 aromatic carbocycles. The molecule has 0 heterocycles. The van der Waals surface area contributed by atoms with Gasteiger partial charge in [-0.1, -0.05) is 26.7 Å². The largest absolute Gasteiger partial charge is 0.491 e. The molecular formula is C18H29N3O3S. The summed E-state index contributed by atoms with van der Waals surface area (Å²) in [4.78, 5) is 26.4. The zero-order chi connectivity index (χ0) is 19.2. The third kappa shape index (κ3) is 7.79. The molecule has 0 unspecified atom stereocenters. The van der Waals surface area contributed by atoms with E-state index < -0.39 is 11.9 Å². The molecule has 0 saturated heterocycles. The van der Waals surface area contributed by atoms with Crippen LogP contribution in [0.5, 0.6) is 5.75 Å². The highest BCUT2D eigenvalue weighted by Gasteiger charge is 2.25. The number of amides is 3. The van der Waals surface area contributed by atoms with Crippen LogP contribution >= 0.6 is 12.8 Å². The molecule has 0 spiro atoms. The number of nitrogens with one attached hydrogen (secondary N) is 1. The fourth-order valence-corrected chi connectivity index (χ4v) is 3.01. The van der Waals surface area contributed by atoms with Gasteiger partial charge in [-0.25, -0.2) is 4.79 Å². The van der Waals surface area contributed by atoms with Gasteiger partial charge in [0, 0.05) is 18.7 Å². The topological polar surface area (TPSA) is 61.9 Å². The standard InChI is InChI=1S/C18H29N3O3S/c1-13(2)24-15-9-7-14(8-10-15)16(22)19-17(23)21(25)12-18(3,4)11-20(5)6/h7-10,13,25H,11-12H2,1-6H3,(H,19,22,23). The summed E-state index contributed by atoms with van der Waals surface area (Å²) in [5.74, 6) is 0.213. The van der Waals surface area contributed by atoms with Gasteiger partial charge in [-0.15, -0.1) is 0 Å². The number of carbonyl (C=O) groups excluding carboxylic acids is 2. The SMILES string of the molecule is CC(C)Oc1ccc(C(=O)NC(=O)N(S)CC(C)(C)CN(C)C)cc1.